The smallest absolute Gasteiger partial charge is 0.178 e. The van der Waals surface area contributed by atoms with E-state index in [2.05, 4.69) is 15.0 Å². The highest BCUT2D eigenvalue weighted by Gasteiger charge is 2.10. The van der Waals surface area contributed by atoms with Gasteiger partial charge in [-0.15, -0.1) is 0 Å². The zero-order valence-corrected chi connectivity index (χ0v) is 9.81. The Bertz CT molecular complexity index is 733. The molecule has 0 saturated carbocycles. The number of anilines is 1. The van der Waals surface area contributed by atoms with Crippen LogP contribution in [0.2, 0.25) is 0 Å². The number of nitrogen functional groups attached to an aromatic ring is 1. The fourth-order valence-corrected chi connectivity index (χ4v) is 1.86. The molecule has 2 aromatic heterocycles. The fourth-order valence-electron chi connectivity index (χ4n) is 1.86. The van der Waals surface area contributed by atoms with Crippen molar-refractivity contribution in [3.05, 3.63) is 36.0 Å². The van der Waals surface area contributed by atoms with Gasteiger partial charge in [-0.05, 0) is 31.2 Å². The van der Waals surface area contributed by atoms with Crippen LogP contribution in [0.25, 0.3) is 22.6 Å². The molecule has 4 N–H and O–H groups in total. The second kappa shape index (κ2) is 3.73. The van der Waals surface area contributed by atoms with Gasteiger partial charge in [0.05, 0.1) is 11.1 Å². The van der Waals surface area contributed by atoms with Crippen molar-refractivity contribution in [2.75, 3.05) is 5.73 Å². The topological polar surface area (TPSA) is 87.8 Å². The Kier molecular flexibility index (Phi) is 2.19. The summed E-state index contributed by atoms with van der Waals surface area (Å²) < 4.78 is 0. The predicted molar refractivity (Wildman–Crippen MR) is 70.1 cm³/mol. The summed E-state index contributed by atoms with van der Waals surface area (Å²) in [6.07, 6.45) is 0. The summed E-state index contributed by atoms with van der Waals surface area (Å²) in [5.74, 6) is 0.686. The number of fused-ring (bicyclic) bond motifs is 1. The highest BCUT2D eigenvalue weighted by Crippen LogP contribution is 2.29. The van der Waals surface area contributed by atoms with Crippen molar-refractivity contribution in [3.63, 3.8) is 0 Å². The van der Waals surface area contributed by atoms with Gasteiger partial charge in [0, 0.05) is 17.4 Å². The van der Waals surface area contributed by atoms with Gasteiger partial charge in [-0.3, -0.25) is 0 Å². The molecule has 18 heavy (non-hydrogen) atoms. The van der Waals surface area contributed by atoms with Crippen LogP contribution >= 0.6 is 0 Å². The number of aromatic hydroxyl groups is 1. The minimum Gasteiger partial charge on any atom is -0.507 e. The third-order valence-electron chi connectivity index (χ3n) is 2.76. The van der Waals surface area contributed by atoms with Crippen molar-refractivity contribution in [1.29, 1.82) is 0 Å². The van der Waals surface area contributed by atoms with E-state index in [1.54, 1.807) is 12.1 Å². The van der Waals surface area contributed by atoms with Crippen molar-refractivity contribution in [3.8, 4) is 17.1 Å². The molecule has 0 atom stereocenters. The van der Waals surface area contributed by atoms with Crippen LogP contribution in [0.3, 0.4) is 0 Å². The summed E-state index contributed by atoms with van der Waals surface area (Å²) in [4.78, 5) is 11.8. The fraction of sp³-hybridized carbons (Fsp3) is 0.0769. The lowest BCUT2D eigenvalue weighted by molar-refractivity contribution is 0.477. The van der Waals surface area contributed by atoms with E-state index < -0.39 is 0 Å². The van der Waals surface area contributed by atoms with Gasteiger partial charge in [0.25, 0.3) is 0 Å². The number of rotatable bonds is 1. The molecule has 0 amide bonds. The summed E-state index contributed by atoms with van der Waals surface area (Å²) in [6, 6.07) is 8.78. The Balaban J connectivity index is 2.19. The molecule has 0 spiro atoms. The molecule has 0 aliphatic rings. The molecule has 0 fully saturated rings. The number of hydrogen-bond acceptors (Lipinski definition) is 4. The van der Waals surface area contributed by atoms with Crippen molar-refractivity contribution < 1.29 is 5.11 Å². The third-order valence-corrected chi connectivity index (χ3v) is 2.76. The summed E-state index contributed by atoms with van der Waals surface area (Å²) in [5, 5.41) is 9.86. The van der Waals surface area contributed by atoms with Gasteiger partial charge in [-0.25, -0.2) is 9.97 Å². The van der Waals surface area contributed by atoms with Gasteiger partial charge in [0.15, 0.2) is 5.65 Å². The SMILES string of the molecule is Cc1ccc2[nH]c(-c3ccc(N)cc3O)nc2n1. The molecule has 3 aromatic rings. The number of aromatic nitrogens is 3. The first kappa shape index (κ1) is 10.6. The van der Waals surface area contributed by atoms with Crippen molar-refractivity contribution >= 4 is 16.9 Å². The van der Waals surface area contributed by atoms with Gasteiger partial charge < -0.3 is 15.8 Å². The van der Waals surface area contributed by atoms with E-state index in [0.717, 1.165) is 11.2 Å². The van der Waals surface area contributed by atoms with Crippen LogP contribution in [0.5, 0.6) is 5.75 Å². The number of aryl methyl sites for hydroxylation is 1. The predicted octanol–water partition coefficient (Wildman–Crippen LogP) is 2.22. The zero-order valence-electron chi connectivity index (χ0n) is 9.81. The van der Waals surface area contributed by atoms with Crippen LogP contribution in [0.1, 0.15) is 5.69 Å². The number of benzene rings is 1. The van der Waals surface area contributed by atoms with E-state index in [1.165, 1.54) is 6.07 Å². The van der Waals surface area contributed by atoms with Gasteiger partial charge in [-0.2, -0.15) is 0 Å². The third kappa shape index (κ3) is 1.66. The van der Waals surface area contributed by atoms with Gasteiger partial charge in [-0.1, -0.05) is 0 Å². The van der Waals surface area contributed by atoms with Gasteiger partial charge in [0.1, 0.15) is 11.6 Å². The Morgan fingerprint density at radius 3 is 2.78 bits per heavy atom. The average molecular weight is 240 g/mol. The van der Waals surface area contributed by atoms with Crippen molar-refractivity contribution in [1.82, 2.24) is 15.0 Å². The molecule has 0 aliphatic heterocycles. The number of pyridine rings is 1. The molecule has 0 unspecified atom stereocenters. The Morgan fingerprint density at radius 2 is 2.00 bits per heavy atom. The molecule has 2 heterocycles. The molecular formula is C13H12N4O. The number of imidazole rings is 1. The highest BCUT2D eigenvalue weighted by atomic mass is 16.3. The first-order valence-corrected chi connectivity index (χ1v) is 5.56. The first-order valence-electron chi connectivity index (χ1n) is 5.56. The van der Waals surface area contributed by atoms with Crippen LogP contribution in [-0.2, 0) is 0 Å². The molecule has 1 aromatic carbocycles. The van der Waals surface area contributed by atoms with E-state index in [4.69, 9.17) is 5.73 Å². The lowest BCUT2D eigenvalue weighted by Gasteiger charge is -2.01. The van der Waals surface area contributed by atoms with Crippen LogP contribution < -0.4 is 5.73 Å². The van der Waals surface area contributed by atoms with Crippen LogP contribution in [0.4, 0.5) is 5.69 Å². The van der Waals surface area contributed by atoms with E-state index in [9.17, 15) is 5.11 Å². The Morgan fingerprint density at radius 1 is 1.17 bits per heavy atom. The van der Waals surface area contributed by atoms with Crippen molar-refractivity contribution in [2.24, 2.45) is 0 Å². The Hall–Kier alpha value is -2.56. The van der Waals surface area contributed by atoms with E-state index in [-0.39, 0.29) is 5.75 Å². The molecule has 3 rings (SSSR count). The minimum absolute atomic E-state index is 0.103. The second-order valence-corrected chi connectivity index (χ2v) is 4.19. The molecule has 5 heteroatoms. The minimum atomic E-state index is 0.103. The average Bonchev–Trinajstić information content (AvgIpc) is 2.71. The van der Waals surface area contributed by atoms with E-state index in [0.29, 0.717) is 22.7 Å². The molecule has 90 valence electrons. The summed E-state index contributed by atoms with van der Waals surface area (Å²) in [5.41, 5.74) is 9.11. The Labute approximate surface area is 103 Å². The van der Waals surface area contributed by atoms with Crippen LogP contribution in [0, 0.1) is 6.92 Å². The van der Waals surface area contributed by atoms with E-state index >= 15 is 0 Å². The van der Waals surface area contributed by atoms with Crippen LogP contribution in [0.15, 0.2) is 30.3 Å². The molecule has 0 radical (unpaired) electrons. The van der Waals surface area contributed by atoms with Crippen molar-refractivity contribution in [2.45, 2.75) is 6.92 Å². The van der Waals surface area contributed by atoms with E-state index in [1.807, 2.05) is 19.1 Å². The van der Waals surface area contributed by atoms with Gasteiger partial charge >= 0.3 is 0 Å². The number of phenols is 1. The molecule has 0 bridgehead atoms. The summed E-state index contributed by atoms with van der Waals surface area (Å²) in [6.45, 7) is 1.91. The lowest BCUT2D eigenvalue weighted by Crippen LogP contribution is -1.86. The number of nitrogens with two attached hydrogens (primary N) is 1. The zero-order chi connectivity index (χ0) is 12.7. The summed E-state index contributed by atoms with van der Waals surface area (Å²) in [7, 11) is 0. The quantitative estimate of drug-likeness (QED) is 0.569. The van der Waals surface area contributed by atoms with Crippen LogP contribution in [-0.4, -0.2) is 20.1 Å². The molecule has 5 nitrogen and oxygen atoms in total. The standard InChI is InChI=1S/C13H12N4O/c1-7-2-5-10-13(15-7)17-12(16-10)9-4-3-8(14)6-11(9)18/h2-6,18H,14H2,1H3,(H,15,16,17). The molecule has 0 aliphatic carbocycles. The summed E-state index contributed by atoms with van der Waals surface area (Å²) >= 11 is 0. The maximum atomic E-state index is 9.86. The first-order chi connectivity index (χ1) is 8.63. The number of nitrogens with zero attached hydrogens (tertiary/aromatic N) is 2. The maximum Gasteiger partial charge on any atom is 0.178 e. The highest BCUT2D eigenvalue weighted by molar-refractivity contribution is 5.78. The monoisotopic (exact) mass is 240 g/mol. The number of nitrogens with one attached hydrogen (secondary N) is 1. The van der Waals surface area contributed by atoms with Gasteiger partial charge in [0.2, 0.25) is 0 Å². The second-order valence-electron chi connectivity index (χ2n) is 4.19. The number of H-pyrrole nitrogens is 1. The largest absolute Gasteiger partial charge is 0.507 e. The maximum absolute atomic E-state index is 9.86. The lowest BCUT2D eigenvalue weighted by atomic mass is 10.2. The number of phenolic OH excluding ortho intramolecular Hbond substituents is 1. The normalized spacial score (nSPS) is 10.9. The molecular weight excluding hydrogens is 228 g/mol. The molecule has 0 saturated heterocycles. The number of aromatic amines is 1. The number of hydrogen-bond donors (Lipinski definition) is 3.